The normalized spacial score (nSPS) is 19.0. The third-order valence-corrected chi connectivity index (χ3v) is 4.39. The van der Waals surface area contributed by atoms with Crippen LogP contribution in [-0.4, -0.2) is 65.9 Å². The van der Waals surface area contributed by atoms with Gasteiger partial charge in [-0.15, -0.1) is 0 Å². The van der Waals surface area contributed by atoms with E-state index < -0.39 is 0 Å². The molecule has 2 saturated heterocycles. The summed E-state index contributed by atoms with van der Waals surface area (Å²) in [5, 5.41) is 0.618. The zero-order chi connectivity index (χ0) is 15.5. The minimum Gasteiger partial charge on any atom is -0.353 e. The number of aromatic nitrogens is 1. The van der Waals surface area contributed by atoms with Crippen LogP contribution in [0.15, 0.2) is 18.3 Å². The van der Waals surface area contributed by atoms with Crippen LogP contribution in [0.2, 0.25) is 5.02 Å². The summed E-state index contributed by atoms with van der Waals surface area (Å²) in [6.07, 6.45) is 3.07. The quantitative estimate of drug-likeness (QED) is 0.833. The molecule has 0 unspecified atom stereocenters. The van der Waals surface area contributed by atoms with E-state index in [1.807, 2.05) is 17.0 Å². The topological polar surface area (TPSA) is 56.8 Å². The van der Waals surface area contributed by atoms with Crippen molar-refractivity contribution in [3.05, 3.63) is 23.4 Å². The molecule has 6 nitrogen and oxygen atoms in total. The third kappa shape index (κ3) is 3.32. The number of likely N-dealkylation sites (tertiary alicyclic amines) is 1. The Morgan fingerprint density at radius 1 is 1.18 bits per heavy atom. The number of carbonyl (C=O) groups is 2. The molecule has 0 saturated carbocycles. The lowest BCUT2D eigenvalue weighted by Crippen LogP contribution is -2.51. The number of anilines is 1. The minimum absolute atomic E-state index is 0.0407. The van der Waals surface area contributed by atoms with Crippen molar-refractivity contribution in [1.82, 2.24) is 14.8 Å². The molecule has 2 aliphatic heterocycles. The standard InChI is InChI=1S/C15H19ClN4O2/c16-12-3-4-13(17-10-12)18-6-8-19(9-7-18)15(22)11-20-5-1-2-14(20)21/h3-4,10H,1-2,5-9,11H2. The van der Waals surface area contributed by atoms with Crippen molar-refractivity contribution in [3.8, 4) is 0 Å². The second-order valence-electron chi connectivity index (χ2n) is 5.62. The predicted octanol–water partition coefficient (Wildman–Crippen LogP) is 1.01. The number of halogens is 1. The van der Waals surface area contributed by atoms with Gasteiger partial charge in [-0.1, -0.05) is 11.6 Å². The van der Waals surface area contributed by atoms with E-state index in [0.717, 1.165) is 25.3 Å². The Labute approximate surface area is 134 Å². The van der Waals surface area contributed by atoms with Gasteiger partial charge >= 0.3 is 0 Å². The van der Waals surface area contributed by atoms with Crippen LogP contribution in [0, 0.1) is 0 Å². The highest BCUT2D eigenvalue weighted by atomic mass is 35.5. The maximum absolute atomic E-state index is 12.3. The van der Waals surface area contributed by atoms with E-state index in [2.05, 4.69) is 9.88 Å². The Hall–Kier alpha value is -1.82. The summed E-state index contributed by atoms with van der Waals surface area (Å²) in [6.45, 7) is 3.73. The van der Waals surface area contributed by atoms with Gasteiger partial charge in [-0.25, -0.2) is 4.98 Å². The van der Waals surface area contributed by atoms with Crippen LogP contribution < -0.4 is 4.90 Å². The summed E-state index contributed by atoms with van der Waals surface area (Å²) >= 11 is 5.84. The van der Waals surface area contributed by atoms with Gasteiger partial charge in [0, 0.05) is 45.3 Å². The maximum atomic E-state index is 12.3. The van der Waals surface area contributed by atoms with E-state index >= 15 is 0 Å². The first-order chi connectivity index (χ1) is 10.6. The van der Waals surface area contributed by atoms with Gasteiger partial charge < -0.3 is 14.7 Å². The molecule has 2 amide bonds. The number of hydrogen-bond donors (Lipinski definition) is 0. The van der Waals surface area contributed by atoms with Crippen molar-refractivity contribution < 1.29 is 9.59 Å². The smallest absolute Gasteiger partial charge is 0.242 e. The monoisotopic (exact) mass is 322 g/mol. The highest BCUT2D eigenvalue weighted by Gasteiger charge is 2.27. The molecule has 0 radical (unpaired) electrons. The molecule has 2 fully saturated rings. The molecule has 118 valence electrons. The van der Waals surface area contributed by atoms with Crippen LogP contribution in [-0.2, 0) is 9.59 Å². The second-order valence-corrected chi connectivity index (χ2v) is 6.06. The Morgan fingerprint density at radius 3 is 2.55 bits per heavy atom. The largest absolute Gasteiger partial charge is 0.353 e. The molecule has 2 aliphatic rings. The van der Waals surface area contributed by atoms with Crippen LogP contribution >= 0.6 is 11.6 Å². The zero-order valence-corrected chi connectivity index (χ0v) is 13.1. The van der Waals surface area contributed by atoms with Gasteiger partial charge in [-0.05, 0) is 18.6 Å². The molecule has 3 heterocycles. The molecule has 0 spiro atoms. The lowest BCUT2D eigenvalue weighted by Gasteiger charge is -2.36. The van der Waals surface area contributed by atoms with E-state index in [-0.39, 0.29) is 18.4 Å². The Morgan fingerprint density at radius 2 is 1.95 bits per heavy atom. The Balaban J connectivity index is 1.51. The molecular weight excluding hydrogens is 304 g/mol. The van der Waals surface area contributed by atoms with Crippen molar-refractivity contribution in [2.24, 2.45) is 0 Å². The van der Waals surface area contributed by atoms with E-state index in [1.54, 1.807) is 11.1 Å². The van der Waals surface area contributed by atoms with Crippen LogP contribution in [0.4, 0.5) is 5.82 Å². The maximum Gasteiger partial charge on any atom is 0.242 e. The van der Waals surface area contributed by atoms with Gasteiger partial charge in [0.2, 0.25) is 11.8 Å². The van der Waals surface area contributed by atoms with Crippen molar-refractivity contribution >= 4 is 29.2 Å². The highest BCUT2D eigenvalue weighted by Crippen LogP contribution is 2.16. The number of hydrogen-bond acceptors (Lipinski definition) is 4. The van der Waals surface area contributed by atoms with Crippen molar-refractivity contribution in [2.45, 2.75) is 12.8 Å². The SMILES string of the molecule is O=C(CN1CCCC1=O)N1CCN(c2ccc(Cl)cn2)CC1. The molecule has 1 aromatic rings. The molecule has 0 aliphatic carbocycles. The summed E-state index contributed by atoms with van der Waals surface area (Å²) in [7, 11) is 0. The Bertz CT molecular complexity index is 555. The molecule has 7 heteroatoms. The zero-order valence-electron chi connectivity index (χ0n) is 12.4. The van der Waals surface area contributed by atoms with Gasteiger partial charge in [0.1, 0.15) is 5.82 Å². The van der Waals surface area contributed by atoms with E-state index in [0.29, 0.717) is 31.1 Å². The minimum atomic E-state index is 0.0407. The predicted molar refractivity (Wildman–Crippen MR) is 83.9 cm³/mol. The van der Waals surface area contributed by atoms with Gasteiger partial charge in [-0.2, -0.15) is 0 Å². The first kappa shape index (κ1) is 15.1. The third-order valence-electron chi connectivity index (χ3n) is 4.17. The van der Waals surface area contributed by atoms with Crippen LogP contribution in [0.1, 0.15) is 12.8 Å². The van der Waals surface area contributed by atoms with E-state index in [1.165, 1.54) is 0 Å². The lowest BCUT2D eigenvalue weighted by molar-refractivity contribution is -0.138. The molecule has 22 heavy (non-hydrogen) atoms. The fourth-order valence-electron chi connectivity index (χ4n) is 2.87. The molecule has 3 rings (SSSR count). The van der Waals surface area contributed by atoms with Crippen molar-refractivity contribution in [3.63, 3.8) is 0 Å². The molecule has 1 aromatic heterocycles. The summed E-state index contributed by atoms with van der Waals surface area (Å²) in [4.78, 5) is 33.8. The van der Waals surface area contributed by atoms with Gasteiger partial charge in [0.05, 0.1) is 11.6 Å². The summed E-state index contributed by atoms with van der Waals surface area (Å²) in [5.74, 6) is 1.02. The van der Waals surface area contributed by atoms with Crippen molar-refractivity contribution in [2.75, 3.05) is 44.2 Å². The molecule has 0 atom stereocenters. The van der Waals surface area contributed by atoms with E-state index in [9.17, 15) is 9.59 Å². The first-order valence-corrected chi connectivity index (χ1v) is 7.93. The number of amides is 2. The molecular formula is C15H19ClN4O2. The average molecular weight is 323 g/mol. The first-order valence-electron chi connectivity index (χ1n) is 7.55. The number of pyridine rings is 1. The van der Waals surface area contributed by atoms with Crippen LogP contribution in [0.5, 0.6) is 0 Å². The summed E-state index contributed by atoms with van der Waals surface area (Å²) < 4.78 is 0. The van der Waals surface area contributed by atoms with E-state index in [4.69, 9.17) is 11.6 Å². The average Bonchev–Trinajstić information content (AvgIpc) is 2.93. The fourth-order valence-corrected chi connectivity index (χ4v) is 2.99. The molecule has 0 bridgehead atoms. The number of rotatable bonds is 3. The van der Waals surface area contributed by atoms with Crippen LogP contribution in [0.25, 0.3) is 0 Å². The number of piperazine rings is 1. The highest BCUT2D eigenvalue weighted by molar-refractivity contribution is 6.30. The Kier molecular flexibility index (Phi) is 4.47. The van der Waals surface area contributed by atoms with Gasteiger partial charge in [-0.3, -0.25) is 9.59 Å². The number of nitrogens with zero attached hydrogens (tertiary/aromatic N) is 4. The molecule has 0 aromatic carbocycles. The lowest BCUT2D eigenvalue weighted by atomic mass is 10.3. The van der Waals surface area contributed by atoms with Gasteiger partial charge in [0.25, 0.3) is 0 Å². The van der Waals surface area contributed by atoms with Crippen molar-refractivity contribution in [1.29, 1.82) is 0 Å². The van der Waals surface area contributed by atoms with Gasteiger partial charge in [0.15, 0.2) is 0 Å². The molecule has 0 N–H and O–H groups in total. The second kappa shape index (κ2) is 6.52. The summed E-state index contributed by atoms with van der Waals surface area (Å²) in [6, 6.07) is 3.71. The summed E-state index contributed by atoms with van der Waals surface area (Å²) in [5.41, 5.74) is 0. The number of carbonyl (C=O) groups excluding carboxylic acids is 2. The van der Waals surface area contributed by atoms with Crippen LogP contribution in [0.3, 0.4) is 0 Å². The fraction of sp³-hybridized carbons (Fsp3) is 0.533.